The van der Waals surface area contributed by atoms with Gasteiger partial charge in [-0.3, -0.25) is 4.98 Å². The summed E-state index contributed by atoms with van der Waals surface area (Å²) in [5.41, 5.74) is 1.01. The summed E-state index contributed by atoms with van der Waals surface area (Å²) in [6, 6.07) is 2.54. The molecule has 1 aliphatic rings. The summed E-state index contributed by atoms with van der Waals surface area (Å²) in [6.45, 7) is 6.15. The Morgan fingerprint density at radius 2 is 2.26 bits per heavy atom. The Labute approximate surface area is 131 Å². The minimum Gasteiger partial charge on any atom is -0.372 e. The number of hydrogen-bond acceptors (Lipinski definition) is 3. The van der Waals surface area contributed by atoms with E-state index in [0.717, 1.165) is 34.2 Å². The van der Waals surface area contributed by atoms with Crippen LogP contribution in [0.15, 0.2) is 21.2 Å². The van der Waals surface area contributed by atoms with Gasteiger partial charge in [-0.25, -0.2) is 0 Å². The van der Waals surface area contributed by atoms with Crippen molar-refractivity contribution in [1.29, 1.82) is 0 Å². The number of rotatable bonds is 4. The van der Waals surface area contributed by atoms with Gasteiger partial charge in [-0.05, 0) is 50.8 Å². The van der Waals surface area contributed by atoms with E-state index in [1.807, 2.05) is 12.3 Å². The van der Waals surface area contributed by atoms with Crippen LogP contribution in [0.4, 0.5) is 0 Å². The lowest BCUT2D eigenvalue weighted by Gasteiger charge is -2.32. The van der Waals surface area contributed by atoms with Crippen LogP contribution in [0, 0.1) is 5.92 Å². The fourth-order valence-corrected chi connectivity index (χ4v) is 3.59. The lowest BCUT2D eigenvalue weighted by molar-refractivity contribution is -0.0311. The van der Waals surface area contributed by atoms with Gasteiger partial charge in [0.05, 0.1) is 5.69 Å². The third-order valence-electron chi connectivity index (χ3n) is 3.34. The second kappa shape index (κ2) is 7.16. The molecule has 5 heteroatoms. The molecule has 2 atom stereocenters. The van der Waals surface area contributed by atoms with Crippen LogP contribution in [0.5, 0.6) is 0 Å². The van der Waals surface area contributed by atoms with Gasteiger partial charge in [0.2, 0.25) is 0 Å². The van der Waals surface area contributed by atoms with Crippen LogP contribution in [0.25, 0.3) is 0 Å². The highest BCUT2D eigenvalue weighted by molar-refractivity contribution is 9.11. The van der Waals surface area contributed by atoms with Gasteiger partial charge in [0.15, 0.2) is 0 Å². The summed E-state index contributed by atoms with van der Waals surface area (Å²) in [5, 5.41) is 3.51. The maximum Gasteiger partial charge on any atom is 0.105 e. The number of pyridine rings is 1. The maximum absolute atomic E-state index is 5.98. The Kier molecular flexibility index (Phi) is 5.81. The summed E-state index contributed by atoms with van der Waals surface area (Å²) < 4.78 is 7.98. The van der Waals surface area contributed by atoms with E-state index in [1.54, 1.807) is 0 Å². The smallest absolute Gasteiger partial charge is 0.105 e. The number of nitrogens with one attached hydrogen (secondary N) is 1. The molecule has 1 aromatic rings. The van der Waals surface area contributed by atoms with Gasteiger partial charge in [0.25, 0.3) is 0 Å². The monoisotopic (exact) mass is 390 g/mol. The van der Waals surface area contributed by atoms with Crippen LogP contribution >= 0.6 is 31.9 Å². The average Bonchev–Trinajstić information content (AvgIpc) is 2.37. The first-order chi connectivity index (χ1) is 9.08. The molecule has 2 unspecified atom stereocenters. The van der Waals surface area contributed by atoms with Crippen molar-refractivity contribution in [3.63, 3.8) is 0 Å². The summed E-state index contributed by atoms with van der Waals surface area (Å²) in [5.74, 6) is 0.487. The van der Waals surface area contributed by atoms with Crippen molar-refractivity contribution in [3.8, 4) is 0 Å². The van der Waals surface area contributed by atoms with Crippen LogP contribution in [-0.2, 0) is 4.74 Å². The molecule has 1 saturated heterocycles. The van der Waals surface area contributed by atoms with Gasteiger partial charge in [0.1, 0.15) is 6.10 Å². The minimum atomic E-state index is 0.0856. The molecule has 0 radical (unpaired) electrons. The molecule has 19 heavy (non-hydrogen) atoms. The Morgan fingerprint density at radius 3 is 2.95 bits per heavy atom. The number of halogens is 2. The van der Waals surface area contributed by atoms with Gasteiger partial charge >= 0.3 is 0 Å². The van der Waals surface area contributed by atoms with Crippen LogP contribution in [0.1, 0.15) is 38.5 Å². The molecule has 2 heterocycles. The Hall–Kier alpha value is 0.0300. The molecule has 2 rings (SSSR count). The largest absolute Gasteiger partial charge is 0.372 e. The molecule has 0 bridgehead atoms. The predicted molar refractivity (Wildman–Crippen MR) is 84.2 cm³/mol. The molecule has 1 fully saturated rings. The van der Waals surface area contributed by atoms with E-state index in [0.29, 0.717) is 12.0 Å². The van der Waals surface area contributed by atoms with E-state index < -0.39 is 0 Å². The molecule has 0 saturated carbocycles. The quantitative estimate of drug-likeness (QED) is 0.839. The fourth-order valence-electron chi connectivity index (χ4n) is 2.38. The van der Waals surface area contributed by atoms with Crippen molar-refractivity contribution in [3.05, 3.63) is 26.9 Å². The zero-order chi connectivity index (χ0) is 13.8. The highest BCUT2D eigenvalue weighted by Gasteiger charge is 2.29. The molecule has 3 nitrogen and oxygen atoms in total. The first-order valence-corrected chi connectivity index (χ1v) is 8.32. The molecule has 1 aromatic heterocycles. The fraction of sp³-hybridized carbons (Fsp3) is 0.643. The first-order valence-electron chi connectivity index (χ1n) is 6.74. The summed E-state index contributed by atoms with van der Waals surface area (Å²) in [4.78, 5) is 4.53. The van der Waals surface area contributed by atoms with Gasteiger partial charge in [-0.15, -0.1) is 0 Å². The van der Waals surface area contributed by atoms with Crippen molar-refractivity contribution >= 4 is 31.9 Å². The third kappa shape index (κ3) is 4.25. The summed E-state index contributed by atoms with van der Waals surface area (Å²) >= 11 is 7.04. The Morgan fingerprint density at radius 1 is 1.47 bits per heavy atom. The highest BCUT2D eigenvalue weighted by Crippen LogP contribution is 2.36. The van der Waals surface area contributed by atoms with E-state index in [1.165, 1.54) is 6.42 Å². The highest BCUT2D eigenvalue weighted by atomic mass is 79.9. The van der Waals surface area contributed by atoms with Crippen molar-refractivity contribution in [1.82, 2.24) is 10.3 Å². The molecule has 1 N–H and O–H groups in total. The van der Waals surface area contributed by atoms with E-state index >= 15 is 0 Å². The molecule has 0 amide bonds. The van der Waals surface area contributed by atoms with Gasteiger partial charge < -0.3 is 10.1 Å². The normalized spacial score (nSPS) is 23.8. The second-order valence-corrected chi connectivity index (χ2v) is 7.05. The van der Waals surface area contributed by atoms with Gasteiger partial charge in [-0.1, -0.05) is 13.8 Å². The van der Waals surface area contributed by atoms with Crippen LogP contribution < -0.4 is 5.32 Å². The molecule has 0 aliphatic carbocycles. The number of aromatic nitrogens is 1. The maximum atomic E-state index is 5.98. The topological polar surface area (TPSA) is 34.1 Å². The van der Waals surface area contributed by atoms with E-state index in [2.05, 4.69) is 56.0 Å². The zero-order valence-electron chi connectivity index (χ0n) is 11.3. The van der Waals surface area contributed by atoms with Crippen molar-refractivity contribution in [2.75, 3.05) is 13.2 Å². The van der Waals surface area contributed by atoms with Crippen molar-refractivity contribution in [2.24, 2.45) is 5.92 Å². The number of nitrogens with zero attached hydrogens (tertiary/aromatic N) is 1. The van der Waals surface area contributed by atoms with E-state index in [4.69, 9.17) is 4.74 Å². The molecule has 0 spiro atoms. The second-order valence-electron chi connectivity index (χ2n) is 5.28. The first kappa shape index (κ1) is 15.4. The van der Waals surface area contributed by atoms with Crippen LogP contribution in [0.2, 0.25) is 0 Å². The van der Waals surface area contributed by atoms with Crippen molar-refractivity contribution in [2.45, 2.75) is 38.8 Å². The minimum absolute atomic E-state index is 0.0856. The lowest BCUT2D eigenvalue weighted by Crippen LogP contribution is -2.35. The van der Waals surface area contributed by atoms with E-state index in [-0.39, 0.29) is 6.10 Å². The van der Waals surface area contributed by atoms with Gasteiger partial charge in [-0.2, -0.15) is 0 Å². The standard InChI is InChI=1S/C14H20Br2N2O/c1-9(2)17-7-10-4-3-5-19-14(10)13-12(16)6-11(15)8-18-13/h6,8-10,14,17H,3-5,7H2,1-2H3. The average molecular weight is 392 g/mol. The molecule has 1 aliphatic heterocycles. The summed E-state index contributed by atoms with van der Waals surface area (Å²) in [6.07, 6.45) is 4.25. The van der Waals surface area contributed by atoms with Crippen molar-refractivity contribution < 1.29 is 4.74 Å². The number of hydrogen-bond donors (Lipinski definition) is 1. The Bertz CT molecular complexity index is 426. The van der Waals surface area contributed by atoms with Crippen LogP contribution in [0.3, 0.4) is 0 Å². The summed E-state index contributed by atoms with van der Waals surface area (Å²) in [7, 11) is 0. The van der Waals surface area contributed by atoms with Gasteiger partial charge in [0, 0.05) is 40.3 Å². The third-order valence-corrected chi connectivity index (χ3v) is 4.41. The van der Waals surface area contributed by atoms with E-state index in [9.17, 15) is 0 Å². The number of ether oxygens (including phenoxy) is 1. The molecule has 106 valence electrons. The molecule has 0 aromatic carbocycles. The van der Waals surface area contributed by atoms with Crippen LogP contribution in [-0.4, -0.2) is 24.2 Å². The molecular formula is C14H20Br2N2O. The molecular weight excluding hydrogens is 372 g/mol. The Balaban J connectivity index is 2.14. The zero-order valence-corrected chi connectivity index (χ0v) is 14.5. The predicted octanol–water partition coefficient (Wildman–Crippen LogP) is 4.07. The lowest BCUT2D eigenvalue weighted by atomic mass is 9.91. The SMILES string of the molecule is CC(C)NCC1CCCOC1c1ncc(Br)cc1Br.